The number of rotatable bonds is 4. The van der Waals surface area contributed by atoms with E-state index in [1.807, 2.05) is 66.5 Å². The van der Waals surface area contributed by atoms with Crippen LogP contribution in [-0.2, 0) is 11.3 Å². The number of methoxy groups -OCH3 is 1. The van der Waals surface area contributed by atoms with Crippen LogP contribution in [0.2, 0.25) is 5.02 Å². The number of fused-ring (bicyclic) bond motifs is 1. The summed E-state index contributed by atoms with van der Waals surface area (Å²) >= 11 is 9.25. The molecule has 0 aliphatic carbocycles. The van der Waals surface area contributed by atoms with Crippen molar-refractivity contribution < 1.29 is 9.53 Å². The molecular weight excluding hydrogens is 552 g/mol. The highest BCUT2D eigenvalue weighted by molar-refractivity contribution is 8.08. The molecule has 3 heterocycles. The molecule has 0 unspecified atom stereocenters. The van der Waals surface area contributed by atoms with Gasteiger partial charge in [-0.25, -0.2) is 0 Å². The highest BCUT2D eigenvalue weighted by atomic mass is 35.5. The molecule has 6 rings (SSSR count). The van der Waals surface area contributed by atoms with E-state index in [0.29, 0.717) is 37.7 Å². The third-order valence-electron chi connectivity index (χ3n) is 6.61. The molecule has 2 aliphatic heterocycles. The Morgan fingerprint density at radius 1 is 0.974 bits per heavy atom. The van der Waals surface area contributed by atoms with E-state index in [1.165, 1.54) is 28.1 Å². The molecule has 3 aromatic carbocycles. The highest BCUT2D eigenvalue weighted by Crippen LogP contribution is 2.46. The molecule has 7 nitrogen and oxygen atoms in total. The lowest BCUT2D eigenvalue weighted by molar-refractivity contribution is -0.112. The van der Waals surface area contributed by atoms with Crippen molar-refractivity contribution in [1.29, 1.82) is 0 Å². The maximum Gasteiger partial charge on any atom is 0.283 e. The number of halogens is 1. The normalized spacial score (nSPS) is 17.5. The van der Waals surface area contributed by atoms with E-state index in [4.69, 9.17) is 16.3 Å². The first-order valence-corrected chi connectivity index (χ1v) is 14.1. The fourth-order valence-corrected chi connectivity index (χ4v) is 7.37. The van der Waals surface area contributed by atoms with Gasteiger partial charge in [-0.2, -0.15) is 10.1 Å². The zero-order valence-corrected chi connectivity index (χ0v) is 23.7. The van der Waals surface area contributed by atoms with Crippen LogP contribution in [0.15, 0.2) is 87.6 Å². The largest absolute Gasteiger partial charge is 0.497 e. The van der Waals surface area contributed by atoms with Crippen molar-refractivity contribution in [3.63, 3.8) is 0 Å². The second-order valence-corrected chi connectivity index (χ2v) is 11.5. The topological polar surface area (TPSA) is 67.1 Å². The van der Waals surface area contributed by atoms with Gasteiger partial charge in [-0.05, 0) is 36.8 Å². The molecule has 0 atom stereocenters. The first-order valence-electron chi connectivity index (χ1n) is 12.1. The summed E-state index contributed by atoms with van der Waals surface area (Å²) in [5.41, 5.74) is 3.18. The Bertz CT molecular complexity index is 1850. The Balaban J connectivity index is 1.58. The van der Waals surface area contributed by atoms with Crippen molar-refractivity contribution in [2.45, 2.75) is 18.4 Å². The third-order valence-corrected chi connectivity index (χ3v) is 9.49. The Morgan fingerprint density at radius 3 is 2.46 bits per heavy atom. The first-order chi connectivity index (χ1) is 18.9. The van der Waals surface area contributed by atoms with E-state index in [0.717, 1.165) is 26.9 Å². The van der Waals surface area contributed by atoms with Crippen LogP contribution < -0.4 is 29.4 Å². The van der Waals surface area contributed by atoms with Gasteiger partial charge >= 0.3 is 0 Å². The molecule has 0 saturated carbocycles. The maximum absolute atomic E-state index is 14.1. The monoisotopic (exact) mass is 574 g/mol. The van der Waals surface area contributed by atoms with E-state index in [1.54, 1.807) is 36.8 Å². The molecule has 39 heavy (non-hydrogen) atoms. The predicted octanol–water partition coefficient (Wildman–Crippen LogP) is 4.50. The van der Waals surface area contributed by atoms with Crippen LogP contribution in [0.5, 0.6) is 5.75 Å². The van der Waals surface area contributed by atoms with Crippen molar-refractivity contribution in [2.24, 2.45) is 5.10 Å². The Labute approximate surface area is 237 Å². The van der Waals surface area contributed by atoms with Gasteiger partial charge < -0.3 is 9.64 Å². The number of nitrogens with zero attached hydrogens (tertiary/aromatic N) is 4. The molecule has 0 N–H and O–H groups in total. The van der Waals surface area contributed by atoms with Gasteiger partial charge in [-0.3, -0.25) is 14.2 Å². The second-order valence-electron chi connectivity index (χ2n) is 9.04. The molecule has 0 fully saturated rings. The molecule has 2 aliphatic rings. The van der Waals surface area contributed by atoms with Crippen molar-refractivity contribution in [1.82, 2.24) is 4.57 Å². The van der Waals surface area contributed by atoms with Crippen LogP contribution in [0.1, 0.15) is 12.5 Å². The Kier molecular flexibility index (Phi) is 6.58. The summed E-state index contributed by atoms with van der Waals surface area (Å²) in [5.74, 6) is 0.426. The number of amides is 1. The molecule has 0 spiro atoms. The second kappa shape index (κ2) is 10.1. The lowest BCUT2D eigenvalue weighted by atomic mass is 10.2. The molecule has 4 aromatic rings. The summed E-state index contributed by atoms with van der Waals surface area (Å²) in [4.78, 5) is 30.9. The predicted molar refractivity (Wildman–Crippen MR) is 159 cm³/mol. The van der Waals surface area contributed by atoms with Crippen molar-refractivity contribution in [3.8, 4) is 5.75 Å². The lowest BCUT2D eigenvalue weighted by Gasteiger charge is -2.13. The number of benzene rings is 3. The molecular formula is C29H23ClN4O3S2. The SMILES string of the molecule is COc1ccc2c(c1)N(C)C(=c1sc(=C3C(=O)N(c4ccccc4Cl)N=C3C)n(Cc3ccccc3)c1=O)S2. The van der Waals surface area contributed by atoms with Gasteiger partial charge in [0.2, 0.25) is 0 Å². The van der Waals surface area contributed by atoms with Crippen LogP contribution in [-0.4, -0.2) is 30.3 Å². The van der Waals surface area contributed by atoms with Crippen LogP contribution in [0.25, 0.3) is 10.6 Å². The van der Waals surface area contributed by atoms with Gasteiger partial charge in [0.25, 0.3) is 11.5 Å². The van der Waals surface area contributed by atoms with Gasteiger partial charge in [-0.1, -0.05) is 65.8 Å². The Morgan fingerprint density at radius 2 is 1.72 bits per heavy atom. The average molecular weight is 575 g/mol. The number of thiazole rings is 1. The molecule has 0 bridgehead atoms. The van der Waals surface area contributed by atoms with Gasteiger partial charge in [0, 0.05) is 18.0 Å². The highest BCUT2D eigenvalue weighted by Gasteiger charge is 2.33. The van der Waals surface area contributed by atoms with Crippen LogP contribution in [0, 0.1) is 0 Å². The third kappa shape index (κ3) is 4.36. The number of ether oxygens (including phenoxy) is 1. The molecule has 10 heteroatoms. The minimum Gasteiger partial charge on any atom is -0.497 e. The minimum atomic E-state index is -0.319. The van der Waals surface area contributed by atoms with Gasteiger partial charge in [-0.15, -0.1) is 11.3 Å². The molecule has 1 amide bonds. The number of hydrogen-bond donors (Lipinski definition) is 0. The summed E-state index contributed by atoms with van der Waals surface area (Å²) in [6, 6.07) is 22.7. The van der Waals surface area contributed by atoms with E-state index < -0.39 is 0 Å². The number of thioether (sulfide) groups is 1. The number of carbonyl (C=O) groups excluding carboxylic acids is 1. The summed E-state index contributed by atoms with van der Waals surface area (Å²) in [6.07, 6.45) is 0. The van der Waals surface area contributed by atoms with E-state index in [9.17, 15) is 9.59 Å². The van der Waals surface area contributed by atoms with Gasteiger partial charge in [0.05, 0.1) is 41.3 Å². The van der Waals surface area contributed by atoms with Crippen molar-refractivity contribution in [3.05, 3.63) is 103 Å². The van der Waals surface area contributed by atoms with Crippen LogP contribution in [0.3, 0.4) is 0 Å². The quantitative estimate of drug-likeness (QED) is 0.359. The standard InChI is InChI=1S/C29H23ClN4O3S2/c1-17-24(26(35)34(31-17)21-12-8-7-11-20(21)30)28-33(16-18-9-5-4-6-10-18)27(36)25(39-28)29-32(2)22-15-19(37-3)13-14-23(22)38-29/h4-15H,16H2,1-3H3. The number of para-hydroxylation sites is 1. The Hall–Kier alpha value is -3.79. The summed E-state index contributed by atoms with van der Waals surface area (Å²) in [5, 5.41) is 7.09. The summed E-state index contributed by atoms with van der Waals surface area (Å²) in [7, 11) is 3.57. The number of carbonyl (C=O) groups is 1. The summed E-state index contributed by atoms with van der Waals surface area (Å²) < 4.78 is 8.22. The van der Waals surface area contributed by atoms with E-state index >= 15 is 0 Å². The fraction of sp³-hybridized carbons (Fsp3) is 0.138. The molecule has 196 valence electrons. The number of hydrogen-bond acceptors (Lipinski definition) is 7. The van der Waals surface area contributed by atoms with Crippen molar-refractivity contribution in [2.75, 3.05) is 24.1 Å². The van der Waals surface area contributed by atoms with Gasteiger partial charge in [0.15, 0.2) is 0 Å². The van der Waals surface area contributed by atoms with E-state index in [-0.39, 0.29) is 11.5 Å². The van der Waals surface area contributed by atoms with E-state index in [2.05, 4.69) is 5.10 Å². The zero-order chi connectivity index (χ0) is 27.3. The minimum absolute atomic E-state index is 0.155. The van der Waals surface area contributed by atoms with Crippen LogP contribution in [0.4, 0.5) is 11.4 Å². The number of anilines is 2. The number of aromatic nitrogens is 1. The lowest BCUT2D eigenvalue weighted by Crippen LogP contribution is -2.36. The van der Waals surface area contributed by atoms with Gasteiger partial charge in [0.1, 0.15) is 20.0 Å². The summed E-state index contributed by atoms with van der Waals surface area (Å²) in [6.45, 7) is 2.11. The molecule has 1 aromatic heterocycles. The average Bonchev–Trinajstić information content (AvgIpc) is 3.54. The molecule has 0 radical (unpaired) electrons. The maximum atomic E-state index is 14.1. The first kappa shape index (κ1) is 25.5. The molecule has 0 saturated heterocycles. The fourth-order valence-electron chi connectivity index (χ4n) is 4.63. The van der Waals surface area contributed by atoms with Crippen molar-refractivity contribution >= 4 is 68.3 Å². The smallest absolute Gasteiger partial charge is 0.283 e. The van der Waals surface area contributed by atoms with Crippen LogP contribution >= 0.6 is 34.7 Å². The zero-order valence-electron chi connectivity index (χ0n) is 21.3. The number of hydrazone groups is 1.